The molecule has 3 rings (SSSR count). The van der Waals surface area contributed by atoms with E-state index < -0.39 is 5.97 Å². The third kappa shape index (κ3) is 2.73. The van der Waals surface area contributed by atoms with E-state index >= 15 is 0 Å². The lowest BCUT2D eigenvalue weighted by atomic mass is 10.3. The first kappa shape index (κ1) is 14.3. The molecule has 110 valence electrons. The fourth-order valence-corrected chi connectivity index (χ4v) is 2.96. The molecule has 0 atom stereocenters. The molecule has 0 saturated carbocycles. The topological polar surface area (TPSA) is 69.2 Å². The van der Waals surface area contributed by atoms with Crippen molar-refractivity contribution < 1.29 is 9.53 Å². The molecular weight excluding hydrogens is 300 g/mol. The molecular formula is C16H12N2O3S. The fourth-order valence-electron chi connectivity index (χ4n) is 1.99. The Labute approximate surface area is 130 Å². The van der Waals surface area contributed by atoms with Gasteiger partial charge in [0.2, 0.25) is 0 Å². The Morgan fingerprint density at radius 2 is 1.95 bits per heavy atom. The number of esters is 1. The van der Waals surface area contributed by atoms with Crippen molar-refractivity contribution in [3.8, 4) is 10.7 Å². The number of ether oxygens (including phenoxy) is 1. The fraction of sp³-hybridized carbons (Fsp3) is 0.125. The minimum Gasteiger partial charge on any atom is -0.461 e. The Hall–Kier alpha value is -2.60. The summed E-state index contributed by atoms with van der Waals surface area (Å²) in [7, 11) is 0. The summed E-state index contributed by atoms with van der Waals surface area (Å²) in [5.41, 5.74) is 0.389. The highest BCUT2D eigenvalue weighted by Crippen LogP contribution is 2.24. The molecule has 1 aromatic carbocycles. The number of benzene rings is 1. The van der Waals surface area contributed by atoms with Gasteiger partial charge in [-0.1, -0.05) is 18.2 Å². The van der Waals surface area contributed by atoms with E-state index in [1.165, 1.54) is 11.3 Å². The molecule has 0 bridgehead atoms. The van der Waals surface area contributed by atoms with Gasteiger partial charge in [-0.05, 0) is 31.2 Å². The van der Waals surface area contributed by atoms with Crippen molar-refractivity contribution in [2.24, 2.45) is 0 Å². The number of carbonyl (C=O) groups excluding carboxylic acids is 1. The van der Waals surface area contributed by atoms with Gasteiger partial charge < -0.3 is 4.74 Å². The molecule has 0 aliphatic heterocycles. The zero-order valence-electron chi connectivity index (χ0n) is 11.8. The van der Waals surface area contributed by atoms with Gasteiger partial charge in [0.1, 0.15) is 16.4 Å². The second-order valence-electron chi connectivity index (χ2n) is 4.45. The summed E-state index contributed by atoms with van der Waals surface area (Å²) in [6.45, 7) is 2.02. The maximum atomic E-state index is 12.1. The summed E-state index contributed by atoms with van der Waals surface area (Å²) in [5.74, 6) is -0.488. The van der Waals surface area contributed by atoms with Gasteiger partial charge in [-0.3, -0.25) is 4.79 Å². The lowest BCUT2D eigenvalue weighted by Gasteiger charge is -2.04. The van der Waals surface area contributed by atoms with Crippen molar-refractivity contribution in [3.63, 3.8) is 0 Å². The second-order valence-corrected chi connectivity index (χ2v) is 5.48. The molecule has 3 aromatic rings. The molecule has 0 unspecified atom stereocenters. The van der Waals surface area contributed by atoms with Gasteiger partial charge in [-0.2, -0.15) is 4.98 Å². The van der Waals surface area contributed by atoms with E-state index in [1.54, 1.807) is 37.3 Å². The van der Waals surface area contributed by atoms with Gasteiger partial charge >= 0.3 is 5.97 Å². The monoisotopic (exact) mass is 312 g/mol. The minimum atomic E-state index is -0.488. The van der Waals surface area contributed by atoms with E-state index in [4.69, 9.17) is 4.74 Å². The van der Waals surface area contributed by atoms with Gasteiger partial charge in [0.05, 0.1) is 12.0 Å². The molecule has 0 aliphatic rings. The van der Waals surface area contributed by atoms with Crippen LogP contribution in [0, 0.1) is 0 Å². The summed E-state index contributed by atoms with van der Waals surface area (Å²) in [4.78, 5) is 32.1. The predicted molar refractivity (Wildman–Crippen MR) is 85.1 cm³/mol. The van der Waals surface area contributed by atoms with Gasteiger partial charge in [0, 0.05) is 4.70 Å². The first-order valence-corrected chi connectivity index (χ1v) is 7.55. The van der Waals surface area contributed by atoms with Crippen LogP contribution >= 0.6 is 11.3 Å². The first-order chi connectivity index (χ1) is 10.7. The Kier molecular flexibility index (Phi) is 3.93. The van der Waals surface area contributed by atoms with Gasteiger partial charge in [-0.15, -0.1) is 11.3 Å². The van der Waals surface area contributed by atoms with Crippen LogP contribution in [0.2, 0.25) is 0 Å². The van der Waals surface area contributed by atoms with Crippen LogP contribution in [0.1, 0.15) is 17.4 Å². The van der Waals surface area contributed by atoms with E-state index in [-0.39, 0.29) is 17.9 Å². The normalized spacial score (nSPS) is 10.6. The van der Waals surface area contributed by atoms with Crippen LogP contribution in [0.4, 0.5) is 0 Å². The highest BCUT2D eigenvalue weighted by atomic mass is 32.1. The van der Waals surface area contributed by atoms with Crippen molar-refractivity contribution in [1.29, 1.82) is 0 Å². The van der Waals surface area contributed by atoms with Crippen LogP contribution in [0.5, 0.6) is 0 Å². The maximum absolute atomic E-state index is 12.1. The van der Waals surface area contributed by atoms with E-state index in [1.807, 2.05) is 12.1 Å². The van der Waals surface area contributed by atoms with Crippen LogP contribution < -0.4 is 5.56 Å². The van der Waals surface area contributed by atoms with Crippen molar-refractivity contribution in [2.45, 2.75) is 6.92 Å². The molecule has 0 radical (unpaired) electrons. The van der Waals surface area contributed by atoms with Gasteiger partial charge in [0.25, 0.3) is 5.56 Å². The summed E-state index contributed by atoms with van der Waals surface area (Å²) in [5, 5.41) is 1.06. The SMILES string of the molecule is CCOC(=O)c1cccc(-c2nc(=O)c3ccccc3s2)n1. The van der Waals surface area contributed by atoms with Crippen LogP contribution in [0.15, 0.2) is 47.3 Å². The van der Waals surface area contributed by atoms with Crippen molar-refractivity contribution in [1.82, 2.24) is 9.97 Å². The molecule has 0 amide bonds. The zero-order chi connectivity index (χ0) is 15.5. The third-order valence-corrected chi connectivity index (χ3v) is 4.05. The van der Waals surface area contributed by atoms with Crippen LogP contribution in [-0.4, -0.2) is 22.5 Å². The second kappa shape index (κ2) is 6.03. The Morgan fingerprint density at radius 1 is 1.14 bits per heavy atom. The number of fused-ring (bicyclic) bond motifs is 1. The standard InChI is InChI=1S/C16H12N2O3S/c1-2-21-16(20)12-8-5-7-11(17-12)15-18-14(19)10-6-3-4-9-13(10)22-15/h3-9H,2H2,1H3. The molecule has 6 heteroatoms. The number of hydrogen-bond acceptors (Lipinski definition) is 6. The Bertz CT molecular complexity index is 905. The van der Waals surface area contributed by atoms with Crippen LogP contribution in [-0.2, 0) is 4.74 Å². The molecule has 0 saturated heterocycles. The maximum Gasteiger partial charge on any atom is 0.356 e. The minimum absolute atomic E-state index is 0.203. The lowest BCUT2D eigenvalue weighted by Crippen LogP contribution is -2.09. The van der Waals surface area contributed by atoms with Crippen molar-refractivity contribution in [3.05, 3.63) is 58.5 Å². The zero-order valence-corrected chi connectivity index (χ0v) is 12.6. The third-order valence-electron chi connectivity index (χ3n) is 2.98. The highest BCUT2D eigenvalue weighted by Gasteiger charge is 2.12. The smallest absolute Gasteiger partial charge is 0.356 e. The number of carbonyl (C=O) groups is 1. The quantitative estimate of drug-likeness (QED) is 0.696. The molecule has 0 aliphatic carbocycles. The molecule has 0 spiro atoms. The van der Waals surface area contributed by atoms with Crippen LogP contribution in [0.25, 0.3) is 20.8 Å². The summed E-state index contributed by atoms with van der Waals surface area (Å²) in [6, 6.07) is 12.3. The molecule has 2 heterocycles. The Balaban J connectivity index is 2.10. The first-order valence-electron chi connectivity index (χ1n) is 6.73. The molecule has 5 nitrogen and oxygen atoms in total. The number of aromatic nitrogens is 2. The molecule has 22 heavy (non-hydrogen) atoms. The largest absolute Gasteiger partial charge is 0.461 e. The molecule has 2 aromatic heterocycles. The lowest BCUT2D eigenvalue weighted by molar-refractivity contribution is 0.0519. The summed E-state index contributed by atoms with van der Waals surface area (Å²) in [6.07, 6.45) is 0. The van der Waals surface area contributed by atoms with Gasteiger partial charge in [0.15, 0.2) is 0 Å². The van der Waals surface area contributed by atoms with Gasteiger partial charge in [-0.25, -0.2) is 9.78 Å². The van der Waals surface area contributed by atoms with Crippen molar-refractivity contribution in [2.75, 3.05) is 6.61 Å². The van der Waals surface area contributed by atoms with E-state index in [2.05, 4.69) is 9.97 Å². The molecule has 0 N–H and O–H groups in total. The number of rotatable bonds is 3. The number of nitrogens with zero attached hydrogens (tertiary/aromatic N) is 2. The predicted octanol–water partition coefficient (Wildman–Crippen LogP) is 2.90. The van der Waals surface area contributed by atoms with Crippen LogP contribution in [0.3, 0.4) is 0 Å². The summed E-state index contributed by atoms with van der Waals surface area (Å²) < 4.78 is 5.77. The Morgan fingerprint density at radius 3 is 2.77 bits per heavy atom. The highest BCUT2D eigenvalue weighted by molar-refractivity contribution is 7.21. The van der Waals surface area contributed by atoms with E-state index in [0.29, 0.717) is 16.1 Å². The summed E-state index contributed by atoms with van der Waals surface area (Å²) >= 11 is 1.36. The van der Waals surface area contributed by atoms with Crippen molar-refractivity contribution >= 4 is 27.4 Å². The van der Waals surface area contributed by atoms with E-state index in [0.717, 1.165) is 4.70 Å². The average Bonchev–Trinajstić information content (AvgIpc) is 2.55. The number of pyridine rings is 1. The molecule has 0 fully saturated rings. The van der Waals surface area contributed by atoms with E-state index in [9.17, 15) is 9.59 Å². The average molecular weight is 312 g/mol. The number of hydrogen-bond donors (Lipinski definition) is 0.